The van der Waals surface area contributed by atoms with Crippen LogP contribution in [-0.2, 0) is 14.8 Å². The van der Waals surface area contributed by atoms with Crippen LogP contribution in [0.2, 0.25) is 0 Å². The van der Waals surface area contributed by atoms with Crippen molar-refractivity contribution >= 4 is 10.0 Å². The standard InChI is InChI=1S/C8H14F3N2O3S/c9-8(10,11)17(14,15)12-2-1-3-13-4-6-16-7-5-13/h1-7H2/q-1. The van der Waals surface area contributed by atoms with Crippen LogP contribution in [0.4, 0.5) is 13.2 Å². The first kappa shape index (κ1) is 14.7. The molecule has 0 saturated carbocycles. The molecule has 0 N–H and O–H groups in total. The maximum absolute atomic E-state index is 11.9. The van der Waals surface area contributed by atoms with Crippen molar-refractivity contribution < 1.29 is 26.3 Å². The van der Waals surface area contributed by atoms with Crippen LogP contribution in [0.1, 0.15) is 6.42 Å². The van der Waals surface area contributed by atoms with E-state index in [9.17, 15) is 21.6 Å². The summed E-state index contributed by atoms with van der Waals surface area (Å²) in [7, 11) is -5.32. The van der Waals surface area contributed by atoms with E-state index >= 15 is 0 Å². The molecule has 0 spiro atoms. The van der Waals surface area contributed by atoms with Gasteiger partial charge in [-0.1, -0.05) is 6.42 Å². The van der Waals surface area contributed by atoms with Gasteiger partial charge in [-0.05, 0) is 6.54 Å². The number of morpholine rings is 1. The van der Waals surface area contributed by atoms with E-state index in [1.54, 1.807) is 0 Å². The molecule has 1 saturated heterocycles. The van der Waals surface area contributed by atoms with E-state index in [-0.39, 0.29) is 13.0 Å². The molecule has 1 heterocycles. The Bertz CT molecular complexity index is 325. The molecule has 102 valence electrons. The fourth-order valence-electron chi connectivity index (χ4n) is 1.38. The third-order valence-electron chi connectivity index (χ3n) is 2.29. The fraction of sp³-hybridized carbons (Fsp3) is 1.00. The van der Waals surface area contributed by atoms with Crippen LogP contribution in [0.3, 0.4) is 0 Å². The summed E-state index contributed by atoms with van der Waals surface area (Å²) in [5.41, 5.74) is -5.29. The molecule has 0 aromatic rings. The van der Waals surface area contributed by atoms with Crippen molar-refractivity contribution in [3.05, 3.63) is 4.72 Å². The van der Waals surface area contributed by atoms with Gasteiger partial charge < -0.3 is 9.46 Å². The van der Waals surface area contributed by atoms with E-state index in [0.29, 0.717) is 32.8 Å². The minimum absolute atomic E-state index is 0.287. The van der Waals surface area contributed by atoms with Crippen molar-refractivity contribution in [3.8, 4) is 0 Å². The van der Waals surface area contributed by atoms with Crippen LogP contribution in [0.15, 0.2) is 0 Å². The number of sulfonamides is 1. The summed E-state index contributed by atoms with van der Waals surface area (Å²) in [6, 6.07) is 0. The summed E-state index contributed by atoms with van der Waals surface area (Å²) < 4.78 is 64.7. The minimum Gasteiger partial charge on any atom is -0.541 e. The highest BCUT2D eigenvalue weighted by molar-refractivity contribution is 7.94. The van der Waals surface area contributed by atoms with Crippen molar-refractivity contribution in [2.24, 2.45) is 0 Å². The van der Waals surface area contributed by atoms with Gasteiger partial charge in [0.15, 0.2) is 10.0 Å². The van der Waals surface area contributed by atoms with Gasteiger partial charge in [-0.25, -0.2) is 8.42 Å². The zero-order valence-electron chi connectivity index (χ0n) is 9.11. The summed E-state index contributed by atoms with van der Waals surface area (Å²) >= 11 is 0. The molecule has 1 aliphatic rings. The lowest BCUT2D eigenvalue weighted by atomic mass is 10.3. The molecule has 9 heteroatoms. The average molecular weight is 275 g/mol. The molecule has 5 nitrogen and oxygen atoms in total. The van der Waals surface area contributed by atoms with Crippen LogP contribution in [-0.4, -0.2) is 58.2 Å². The molecule has 0 aromatic carbocycles. The molecule has 1 fully saturated rings. The third-order valence-corrected chi connectivity index (χ3v) is 3.40. The van der Waals surface area contributed by atoms with Crippen LogP contribution in [0.25, 0.3) is 4.72 Å². The van der Waals surface area contributed by atoms with Crippen molar-refractivity contribution in [2.45, 2.75) is 11.9 Å². The molecule has 0 aliphatic carbocycles. The molecule has 17 heavy (non-hydrogen) atoms. The lowest BCUT2D eigenvalue weighted by Crippen LogP contribution is -2.37. The molecule has 0 aromatic heterocycles. The second kappa shape index (κ2) is 5.98. The first-order chi connectivity index (χ1) is 7.83. The van der Waals surface area contributed by atoms with Gasteiger partial charge in [0, 0.05) is 13.1 Å². The van der Waals surface area contributed by atoms with E-state index in [4.69, 9.17) is 4.74 Å². The van der Waals surface area contributed by atoms with Gasteiger partial charge in [0.2, 0.25) is 0 Å². The van der Waals surface area contributed by atoms with Crippen LogP contribution in [0, 0.1) is 0 Å². The van der Waals surface area contributed by atoms with Crippen molar-refractivity contribution in [1.29, 1.82) is 0 Å². The molecule has 0 atom stereocenters. The highest BCUT2D eigenvalue weighted by atomic mass is 32.2. The Balaban J connectivity index is 2.19. The van der Waals surface area contributed by atoms with Gasteiger partial charge in [0.05, 0.1) is 13.2 Å². The Morgan fingerprint density at radius 2 is 1.82 bits per heavy atom. The molecule has 0 amide bonds. The van der Waals surface area contributed by atoms with Gasteiger partial charge in [-0.15, -0.1) is 6.54 Å². The largest absolute Gasteiger partial charge is 0.541 e. The number of alkyl halides is 3. The zero-order valence-corrected chi connectivity index (χ0v) is 9.93. The number of hydrogen-bond acceptors (Lipinski definition) is 4. The number of rotatable bonds is 5. The first-order valence-electron chi connectivity index (χ1n) is 5.13. The predicted octanol–water partition coefficient (Wildman–Crippen LogP) is 0.932. The van der Waals surface area contributed by atoms with Crippen molar-refractivity contribution in [1.82, 2.24) is 4.90 Å². The van der Waals surface area contributed by atoms with Gasteiger partial charge in [0.1, 0.15) is 0 Å². The molecule has 0 radical (unpaired) electrons. The SMILES string of the molecule is O=S(=O)([N-]CCCN1CCOCC1)C(F)(F)F. The van der Waals surface area contributed by atoms with Crippen molar-refractivity contribution in [3.63, 3.8) is 0 Å². The maximum atomic E-state index is 11.9. The quantitative estimate of drug-likeness (QED) is 0.700. The summed E-state index contributed by atoms with van der Waals surface area (Å²) in [6.45, 7) is 2.81. The fourth-order valence-corrected chi connectivity index (χ4v) is 1.89. The molecular formula is C8H14F3N2O3S-. The second-order valence-electron chi connectivity index (χ2n) is 3.58. The molecular weight excluding hydrogens is 261 g/mol. The lowest BCUT2D eigenvalue weighted by molar-refractivity contribution is -0.0427. The monoisotopic (exact) mass is 275 g/mol. The van der Waals surface area contributed by atoms with Crippen molar-refractivity contribution in [2.75, 3.05) is 39.4 Å². The summed E-state index contributed by atoms with van der Waals surface area (Å²) in [4.78, 5) is 2.00. The number of halogens is 3. The van der Waals surface area contributed by atoms with Gasteiger partial charge in [-0.3, -0.25) is 4.90 Å². The summed E-state index contributed by atoms with van der Waals surface area (Å²) in [6.07, 6.45) is 0.287. The number of hydrogen-bond donors (Lipinski definition) is 0. The highest BCUT2D eigenvalue weighted by Gasteiger charge is 2.38. The van der Waals surface area contributed by atoms with Crippen LogP contribution < -0.4 is 0 Å². The smallest absolute Gasteiger partial charge is 0.480 e. The average Bonchev–Trinajstić information content (AvgIpc) is 2.24. The van der Waals surface area contributed by atoms with Gasteiger partial charge >= 0.3 is 5.51 Å². The first-order valence-corrected chi connectivity index (χ1v) is 6.57. The third kappa shape index (κ3) is 4.78. The lowest BCUT2D eigenvalue weighted by Gasteiger charge is -2.28. The summed E-state index contributed by atoms with van der Waals surface area (Å²) in [5.74, 6) is 0. The Morgan fingerprint density at radius 1 is 1.24 bits per heavy atom. The molecule has 0 bridgehead atoms. The minimum atomic E-state index is -5.32. The Kier molecular flexibility index (Phi) is 5.17. The van der Waals surface area contributed by atoms with Crippen LogP contribution >= 0.6 is 0 Å². The zero-order chi connectivity index (χ0) is 12.9. The Hall–Kier alpha value is -0.380. The summed E-state index contributed by atoms with van der Waals surface area (Å²) in [5, 5.41) is 0. The maximum Gasteiger partial charge on any atom is 0.480 e. The van der Waals surface area contributed by atoms with Crippen LogP contribution in [0.5, 0.6) is 0 Å². The van der Waals surface area contributed by atoms with E-state index < -0.39 is 15.5 Å². The van der Waals surface area contributed by atoms with E-state index in [1.165, 1.54) is 0 Å². The van der Waals surface area contributed by atoms with E-state index in [2.05, 4.69) is 4.72 Å². The Morgan fingerprint density at radius 3 is 2.35 bits per heavy atom. The van der Waals surface area contributed by atoms with Gasteiger partial charge in [0.25, 0.3) is 0 Å². The predicted molar refractivity (Wildman–Crippen MR) is 55.1 cm³/mol. The van der Waals surface area contributed by atoms with E-state index in [0.717, 1.165) is 0 Å². The highest BCUT2D eigenvalue weighted by Crippen LogP contribution is 2.27. The Labute approximate surface area is 98.0 Å². The van der Waals surface area contributed by atoms with E-state index in [1.807, 2.05) is 4.90 Å². The molecule has 1 aliphatic heterocycles. The molecule has 1 rings (SSSR count). The number of nitrogens with zero attached hydrogens (tertiary/aromatic N) is 2. The number of ether oxygens (including phenoxy) is 1. The normalized spacial score (nSPS) is 19.5. The topological polar surface area (TPSA) is 60.7 Å². The second-order valence-corrected chi connectivity index (χ2v) is 5.25. The molecule has 0 unspecified atom stereocenters. The van der Waals surface area contributed by atoms with Gasteiger partial charge in [-0.2, -0.15) is 13.2 Å².